The van der Waals surface area contributed by atoms with Gasteiger partial charge in [-0.2, -0.15) is 5.26 Å². The van der Waals surface area contributed by atoms with Gasteiger partial charge in [-0.15, -0.1) is 11.3 Å². The van der Waals surface area contributed by atoms with Crippen LogP contribution < -0.4 is 5.73 Å². The summed E-state index contributed by atoms with van der Waals surface area (Å²) in [6.07, 6.45) is 5.87. The Hall–Kier alpha value is -2.66. The van der Waals surface area contributed by atoms with E-state index in [1.165, 1.54) is 16.2 Å². The van der Waals surface area contributed by atoms with Gasteiger partial charge in [0.05, 0.1) is 17.3 Å². The molecule has 1 atom stereocenters. The van der Waals surface area contributed by atoms with E-state index in [0.717, 1.165) is 5.56 Å². The Balaban J connectivity index is 1.80. The Kier molecular flexibility index (Phi) is 4.12. The van der Waals surface area contributed by atoms with Gasteiger partial charge >= 0.3 is 0 Å². The number of nitriles is 1. The van der Waals surface area contributed by atoms with Gasteiger partial charge in [0.1, 0.15) is 12.1 Å². The maximum Gasteiger partial charge on any atom is 0.245 e. The largest absolute Gasteiger partial charge is 0.368 e. The monoisotopic (exact) mass is 328 g/mol. The van der Waals surface area contributed by atoms with E-state index in [2.05, 4.69) is 16.4 Å². The van der Waals surface area contributed by atoms with E-state index < -0.39 is 11.9 Å². The van der Waals surface area contributed by atoms with Crippen molar-refractivity contribution in [2.75, 3.05) is 6.54 Å². The van der Waals surface area contributed by atoms with Crippen molar-refractivity contribution in [3.05, 3.63) is 40.1 Å². The van der Waals surface area contributed by atoms with Crippen LogP contribution >= 0.6 is 11.3 Å². The van der Waals surface area contributed by atoms with Crippen LogP contribution in [-0.2, 0) is 22.6 Å². The van der Waals surface area contributed by atoms with Gasteiger partial charge in [-0.1, -0.05) is 0 Å². The quantitative estimate of drug-likeness (QED) is 0.888. The van der Waals surface area contributed by atoms with Crippen LogP contribution in [0.4, 0.5) is 0 Å². The molecule has 0 bridgehead atoms. The summed E-state index contributed by atoms with van der Waals surface area (Å²) in [5.41, 5.74) is 6.75. The molecule has 0 saturated carbocycles. The number of imidazole rings is 1. The molecule has 1 radical (unpaired) electrons. The highest BCUT2D eigenvalue weighted by atomic mass is 32.1. The number of fused-ring (bicyclic) bond motifs is 1. The lowest BCUT2D eigenvalue weighted by Gasteiger charge is -2.33. The number of primary amides is 1. The fraction of sp³-hybridized carbons (Fsp3) is 0.333. The molecule has 3 heterocycles. The number of aryl methyl sites for hydroxylation is 1. The summed E-state index contributed by atoms with van der Waals surface area (Å²) in [6.45, 7) is 0.871. The summed E-state index contributed by atoms with van der Waals surface area (Å²) >= 11 is 1.19. The number of hydrogen-bond donors (Lipinski definition) is 1. The van der Waals surface area contributed by atoms with Gasteiger partial charge in [0.25, 0.3) is 0 Å². The lowest BCUT2D eigenvalue weighted by molar-refractivity contribution is -0.140. The van der Waals surface area contributed by atoms with Crippen molar-refractivity contribution in [3.8, 4) is 6.07 Å². The summed E-state index contributed by atoms with van der Waals surface area (Å²) < 4.78 is 1.80. The van der Waals surface area contributed by atoms with Gasteiger partial charge in [-0.25, -0.2) is 4.98 Å². The second kappa shape index (κ2) is 6.22. The second-order valence-electron chi connectivity index (χ2n) is 5.23. The van der Waals surface area contributed by atoms with Gasteiger partial charge in [0.2, 0.25) is 11.8 Å². The summed E-state index contributed by atoms with van der Waals surface area (Å²) in [6, 6.07) is 1.26. The van der Waals surface area contributed by atoms with Gasteiger partial charge in [0, 0.05) is 36.8 Å². The zero-order chi connectivity index (χ0) is 16.4. The lowest BCUT2D eigenvalue weighted by Crippen LogP contribution is -2.45. The number of aromatic nitrogens is 2. The average molecular weight is 328 g/mol. The molecule has 117 valence electrons. The highest BCUT2D eigenvalue weighted by Crippen LogP contribution is 2.36. The zero-order valence-corrected chi connectivity index (χ0v) is 13.0. The number of carbonyl (C=O) groups is 2. The predicted molar refractivity (Wildman–Crippen MR) is 82.1 cm³/mol. The first-order valence-corrected chi connectivity index (χ1v) is 7.91. The Labute approximate surface area is 136 Å². The number of nitrogens with two attached hydrogens (primary N) is 1. The van der Waals surface area contributed by atoms with Crippen LogP contribution in [0.2, 0.25) is 0 Å². The molecular weight excluding hydrogens is 314 g/mol. The summed E-state index contributed by atoms with van der Waals surface area (Å²) in [5, 5.41) is 12.0. The minimum Gasteiger partial charge on any atom is -0.368 e. The molecule has 2 aromatic heterocycles. The van der Waals surface area contributed by atoms with Crippen LogP contribution in [0.1, 0.15) is 28.5 Å². The standard InChI is InChI=1S/C15H14N5O2S/c16-7-10-8-23-14-11(10)1-5-20(13(14)15(17)22)12(21)2-4-19-6-3-18-9-19/h3,6,9,13H,1-2,4-5H2,(H2,17,22). The predicted octanol–water partition coefficient (Wildman–Crippen LogP) is 0.618. The van der Waals surface area contributed by atoms with E-state index in [1.807, 2.05) is 0 Å². The number of rotatable bonds is 4. The molecule has 3 rings (SSSR count). The van der Waals surface area contributed by atoms with Crippen molar-refractivity contribution in [2.24, 2.45) is 5.73 Å². The Bertz CT molecular complexity index is 774. The van der Waals surface area contributed by atoms with Crippen molar-refractivity contribution in [2.45, 2.75) is 25.4 Å². The molecule has 1 aliphatic rings. The molecule has 0 aromatic carbocycles. The number of thiophene rings is 1. The van der Waals surface area contributed by atoms with Crippen LogP contribution in [0.25, 0.3) is 0 Å². The first-order valence-electron chi connectivity index (χ1n) is 7.09. The normalized spacial score (nSPS) is 16.7. The maximum absolute atomic E-state index is 12.5. The third-order valence-corrected chi connectivity index (χ3v) is 4.87. The summed E-state index contributed by atoms with van der Waals surface area (Å²) in [7, 11) is 0. The van der Waals surface area contributed by atoms with E-state index in [1.54, 1.807) is 23.3 Å². The Morgan fingerprint density at radius 3 is 3.04 bits per heavy atom. The molecule has 1 aliphatic heterocycles. The minimum atomic E-state index is -0.808. The van der Waals surface area contributed by atoms with Crippen molar-refractivity contribution in [1.29, 1.82) is 5.26 Å². The number of nitrogens with zero attached hydrogens (tertiary/aromatic N) is 4. The molecular formula is C15H14N5O2S. The molecule has 1 unspecified atom stereocenters. The Morgan fingerprint density at radius 2 is 2.39 bits per heavy atom. The SMILES string of the molecule is N#Cc1[c]sc2c1CCN(C(=O)CCn1ccnc1)C2C(N)=O. The molecule has 23 heavy (non-hydrogen) atoms. The minimum absolute atomic E-state index is 0.139. The average Bonchev–Trinajstić information content (AvgIpc) is 3.20. The molecule has 0 saturated heterocycles. The molecule has 2 amide bonds. The second-order valence-corrected chi connectivity index (χ2v) is 6.07. The van der Waals surface area contributed by atoms with E-state index in [4.69, 9.17) is 11.0 Å². The number of hydrogen-bond acceptors (Lipinski definition) is 5. The highest BCUT2D eigenvalue weighted by molar-refractivity contribution is 7.10. The molecule has 2 aromatic rings. The third kappa shape index (κ3) is 2.83. The van der Waals surface area contributed by atoms with Crippen molar-refractivity contribution >= 4 is 23.2 Å². The molecule has 8 heteroatoms. The van der Waals surface area contributed by atoms with Crippen LogP contribution in [0.3, 0.4) is 0 Å². The number of carbonyl (C=O) groups excluding carboxylic acids is 2. The van der Waals surface area contributed by atoms with Gasteiger partial charge in [0.15, 0.2) is 0 Å². The number of amides is 2. The molecule has 0 spiro atoms. The van der Waals surface area contributed by atoms with Crippen molar-refractivity contribution in [3.63, 3.8) is 0 Å². The fourth-order valence-electron chi connectivity index (χ4n) is 2.75. The molecule has 2 N–H and O–H groups in total. The highest BCUT2D eigenvalue weighted by Gasteiger charge is 2.36. The van der Waals surface area contributed by atoms with Crippen LogP contribution in [0.5, 0.6) is 0 Å². The van der Waals surface area contributed by atoms with Crippen molar-refractivity contribution < 1.29 is 9.59 Å². The Morgan fingerprint density at radius 1 is 1.57 bits per heavy atom. The fourth-order valence-corrected chi connectivity index (χ4v) is 3.82. The first kappa shape index (κ1) is 15.2. The third-order valence-electron chi connectivity index (χ3n) is 3.87. The molecule has 7 nitrogen and oxygen atoms in total. The van der Waals surface area contributed by atoms with Crippen LogP contribution in [0.15, 0.2) is 18.7 Å². The van der Waals surface area contributed by atoms with Crippen LogP contribution in [0, 0.1) is 16.7 Å². The van der Waals surface area contributed by atoms with Gasteiger partial charge in [-0.05, 0) is 12.0 Å². The van der Waals surface area contributed by atoms with Crippen molar-refractivity contribution in [1.82, 2.24) is 14.5 Å². The van der Waals surface area contributed by atoms with E-state index in [0.29, 0.717) is 30.0 Å². The van der Waals surface area contributed by atoms with E-state index in [-0.39, 0.29) is 12.3 Å². The zero-order valence-electron chi connectivity index (χ0n) is 12.2. The summed E-state index contributed by atoms with van der Waals surface area (Å²) in [5.74, 6) is -0.721. The molecule has 0 fully saturated rings. The smallest absolute Gasteiger partial charge is 0.245 e. The van der Waals surface area contributed by atoms with Gasteiger partial charge < -0.3 is 15.2 Å². The van der Waals surface area contributed by atoms with Gasteiger partial charge in [-0.3, -0.25) is 9.59 Å². The first-order chi connectivity index (χ1) is 11.1. The van der Waals surface area contributed by atoms with Crippen LogP contribution in [-0.4, -0.2) is 32.8 Å². The topological polar surface area (TPSA) is 105 Å². The lowest BCUT2D eigenvalue weighted by atomic mass is 9.97. The van der Waals surface area contributed by atoms with E-state index in [9.17, 15) is 9.59 Å². The maximum atomic E-state index is 12.5. The van der Waals surface area contributed by atoms with E-state index >= 15 is 0 Å². The summed E-state index contributed by atoms with van der Waals surface area (Å²) in [4.78, 5) is 30.5. The molecule has 0 aliphatic carbocycles.